The fraction of sp³-hybridized carbons (Fsp3) is 0.316. The summed E-state index contributed by atoms with van der Waals surface area (Å²) < 4.78 is 6.43. The number of hydrogen-bond acceptors (Lipinski definition) is 5. The first-order valence-corrected chi connectivity index (χ1v) is 10.5. The predicted molar refractivity (Wildman–Crippen MR) is 113 cm³/mol. The van der Waals surface area contributed by atoms with Crippen LogP contribution in [0.4, 0.5) is 4.79 Å². The van der Waals surface area contributed by atoms with Gasteiger partial charge in [0.2, 0.25) is 5.91 Å². The Morgan fingerprint density at radius 1 is 1.30 bits per heavy atom. The molecule has 2 aliphatic rings. The predicted octanol–water partition coefficient (Wildman–Crippen LogP) is 3.51. The summed E-state index contributed by atoms with van der Waals surface area (Å²) in [5.74, 6) is 0.144. The van der Waals surface area contributed by atoms with Crippen molar-refractivity contribution in [1.82, 2.24) is 9.80 Å². The Kier molecular flexibility index (Phi) is 6.59. The molecule has 0 saturated carbocycles. The first-order chi connectivity index (χ1) is 13.0. The van der Waals surface area contributed by atoms with Crippen LogP contribution in [0.15, 0.2) is 35.8 Å². The average molecular weight is 498 g/mol. The maximum absolute atomic E-state index is 12.6. The van der Waals surface area contributed by atoms with Crippen LogP contribution in [0, 0.1) is 3.57 Å². The van der Waals surface area contributed by atoms with E-state index in [9.17, 15) is 14.4 Å². The van der Waals surface area contributed by atoms with E-state index in [1.807, 2.05) is 18.2 Å². The van der Waals surface area contributed by atoms with Gasteiger partial charge < -0.3 is 9.64 Å². The molecule has 0 spiro atoms. The molecule has 3 amide bonds. The SMILES string of the molecule is C=CCOc1ccc(/C=C2/SC(=O)N(CC(=O)N3CCCC3)C2=O)cc1I. The molecule has 0 N–H and O–H groups in total. The number of nitrogens with zero attached hydrogens (tertiary/aromatic N) is 2. The number of likely N-dealkylation sites (tertiary alicyclic amines) is 1. The Labute approximate surface area is 175 Å². The van der Waals surface area contributed by atoms with E-state index in [0.717, 1.165) is 44.4 Å². The number of amides is 3. The lowest BCUT2D eigenvalue weighted by molar-refractivity contribution is -0.135. The molecule has 2 aliphatic heterocycles. The van der Waals surface area contributed by atoms with Crippen molar-refractivity contribution in [3.05, 3.63) is 44.9 Å². The molecule has 27 heavy (non-hydrogen) atoms. The molecule has 2 saturated heterocycles. The minimum absolute atomic E-state index is 0.172. The molecule has 0 aliphatic carbocycles. The van der Waals surface area contributed by atoms with Gasteiger partial charge in [-0.05, 0) is 71.0 Å². The van der Waals surface area contributed by atoms with Crippen molar-refractivity contribution < 1.29 is 19.1 Å². The zero-order valence-corrected chi connectivity index (χ0v) is 17.6. The third-order valence-electron chi connectivity index (χ3n) is 4.24. The van der Waals surface area contributed by atoms with Gasteiger partial charge in [-0.1, -0.05) is 18.7 Å². The first kappa shape index (κ1) is 19.9. The van der Waals surface area contributed by atoms with E-state index in [2.05, 4.69) is 29.2 Å². The number of imide groups is 1. The van der Waals surface area contributed by atoms with Crippen LogP contribution in [0.3, 0.4) is 0 Å². The Bertz CT molecular complexity index is 818. The average Bonchev–Trinajstić information content (AvgIpc) is 3.26. The molecule has 3 rings (SSSR count). The first-order valence-electron chi connectivity index (χ1n) is 8.56. The van der Waals surface area contributed by atoms with Crippen molar-refractivity contribution in [2.24, 2.45) is 0 Å². The zero-order valence-electron chi connectivity index (χ0n) is 14.7. The fourth-order valence-electron chi connectivity index (χ4n) is 2.86. The topological polar surface area (TPSA) is 66.9 Å². The number of carbonyl (C=O) groups excluding carboxylic acids is 3. The number of rotatable bonds is 6. The van der Waals surface area contributed by atoms with E-state index in [1.54, 1.807) is 17.1 Å². The highest BCUT2D eigenvalue weighted by molar-refractivity contribution is 14.1. The van der Waals surface area contributed by atoms with Crippen LogP contribution in [0.25, 0.3) is 6.08 Å². The van der Waals surface area contributed by atoms with Gasteiger partial charge >= 0.3 is 0 Å². The number of benzene rings is 1. The van der Waals surface area contributed by atoms with Crippen LogP contribution in [0.2, 0.25) is 0 Å². The molecule has 1 aromatic carbocycles. The molecule has 0 bridgehead atoms. The summed E-state index contributed by atoms with van der Waals surface area (Å²) in [6.45, 7) is 5.24. The molecule has 1 aromatic rings. The maximum atomic E-state index is 12.6. The highest BCUT2D eigenvalue weighted by atomic mass is 127. The van der Waals surface area contributed by atoms with E-state index in [4.69, 9.17) is 4.74 Å². The lowest BCUT2D eigenvalue weighted by Crippen LogP contribution is -2.40. The fourth-order valence-corrected chi connectivity index (χ4v) is 4.40. The van der Waals surface area contributed by atoms with Crippen molar-refractivity contribution in [3.8, 4) is 5.75 Å². The van der Waals surface area contributed by atoms with E-state index >= 15 is 0 Å². The minimum Gasteiger partial charge on any atom is -0.488 e. The Balaban J connectivity index is 1.71. The van der Waals surface area contributed by atoms with Crippen LogP contribution in [0.1, 0.15) is 18.4 Å². The lowest BCUT2D eigenvalue weighted by atomic mass is 10.2. The minimum atomic E-state index is -0.417. The molecule has 0 radical (unpaired) electrons. The van der Waals surface area contributed by atoms with Gasteiger partial charge in [0.25, 0.3) is 11.1 Å². The normalized spacial score (nSPS) is 18.5. The summed E-state index contributed by atoms with van der Waals surface area (Å²) >= 11 is 3.02. The van der Waals surface area contributed by atoms with Crippen LogP contribution in [-0.4, -0.2) is 53.1 Å². The van der Waals surface area contributed by atoms with Crippen molar-refractivity contribution >= 4 is 57.5 Å². The van der Waals surface area contributed by atoms with E-state index in [1.165, 1.54) is 0 Å². The number of carbonyl (C=O) groups is 3. The Morgan fingerprint density at radius 3 is 2.70 bits per heavy atom. The van der Waals surface area contributed by atoms with E-state index in [-0.39, 0.29) is 12.5 Å². The molecular formula is C19H19IN2O4S. The summed E-state index contributed by atoms with van der Waals surface area (Å²) in [5.41, 5.74) is 0.793. The highest BCUT2D eigenvalue weighted by Crippen LogP contribution is 2.33. The molecule has 0 unspecified atom stereocenters. The zero-order chi connectivity index (χ0) is 19.4. The molecule has 0 atom stereocenters. The standard InChI is InChI=1S/C19H19IN2O4S/c1-2-9-26-15-6-5-13(10-14(15)20)11-16-18(24)22(19(25)27-16)12-17(23)21-7-3-4-8-21/h2,5-6,10-11H,1,3-4,7-9,12H2/b16-11+. The van der Waals surface area contributed by atoms with Crippen LogP contribution in [-0.2, 0) is 9.59 Å². The third kappa shape index (κ3) is 4.73. The van der Waals surface area contributed by atoms with Gasteiger partial charge in [-0.3, -0.25) is 19.3 Å². The van der Waals surface area contributed by atoms with E-state index in [0.29, 0.717) is 24.6 Å². The lowest BCUT2D eigenvalue weighted by Gasteiger charge is -2.18. The Hall–Kier alpha value is -1.81. The summed E-state index contributed by atoms with van der Waals surface area (Å²) in [6, 6.07) is 5.52. The molecule has 2 fully saturated rings. The second kappa shape index (κ2) is 8.92. The van der Waals surface area contributed by atoms with Crippen LogP contribution >= 0.6 is 34.4 Å². The van der Waals surface area contributed by atoms with Crippen molar-refractivity contribution in [2.45, 2.75) is 12.8 Å². The van der Waals surface area contributed by atoms with Gasteiger partial charge in [-0.25, -0.2) is 0 Å². The van der Waals surface area contributed by atoms with Gasteiger partial charge in [-0.2, -0.15) is 0 Å². The molecule has 6 nitrogen and oxygen atoms in total. The van der Waals surface area contributed by atoms with Gasteiger partial charge in [-0.15, -0.1) is 0 Å². The largest absolute Gasteiger partial charge is 0.488 e. The monoisotopic (exact) mass is 498 g/mol. The van der Waals surface area contributed by atoms with Crippen molar-refractivity contribution in [3.63, 3.8) is 0 Å². The summed E-state index contributed by atoms with van der Waals surface area (Å²) in [5, 5.41) is -0.403. The number of halogens is 1. The quantitative estimate of drug-likeness (QED) is 0.341. The molecule has 0 aromatic heterocycles. The highest BCUT2D eigenvalue weighted by Gasteiger charge is 2.37. The number of ether oxygens (including phenoxy) is 1. The number of thioether (sulfide) groups is 1. The third-order valence-corrected chi connectivity index (χ3v) is 5.99. The summed E-state index contributed by atoms with van der Waals surface area (Å²) in [4.78, 5) is 40.1. The molecule has 8 heteroatoms. The van der Waals surface area contributed by atoms with E-state index < -0.39 is 11.1 Å². The van der Waals surface area contributed by atoms with Gasteiger partial charge in [0, 0.05) is 13.1 Å². The van der Waals surface area contributed by atoms with Crippen LogP contribution in [0.5, 0.6) is 5.75 Å². The number of hydrogen-bond donors (Lipinski definition) is 0. The smallest absolute Gasteiger partial charge is 0.294 e. The molecular weight excluding hydrogens is 479 g/mol. The van der Waals surface area contributed by atoms with Gasteiger partial charge in [0.05, 0.1) is 8.48 Å². The molecule has 142 valence electrons. The van der Waals surface area contributed by atoms with Gasteiger partial charge in [0.1, 0.15) is 18.9 Å². The maximum Gasteiger partial charge on any atom is 0.294 e. The summed E-state index contributed by atoms with van der Waals surface area (Å²) in [6.07, 6.45) is 5.28. The molecule has 2 heterocycles. The van der Waals surface area contributed by atoms with Gasteiger partial charge in [0.15, 0.2) is 0 Å². The van der Waals surface area contributed by atoms with Crippen molar-refractivity contribution in [2.75, 3.05) is 26.2 Å². The second-order valence-corrected chi connectivity index (χ2v) is 8.30. The second-order valence-electron chi connectivity index (χ2n) is 6.15. The van der Waals surface area contributed by atoms with Crippen molar-refractivity contribution in [1.29, 1.82) is 0 Å². The van der Waals surface area contributed by atoms with Crippen LogP contribution < -0.4 is 4.74 Å². The summed E-state index contributed by atoms with van der Waals surface area (Å²) in [7, 11) is 0. The Morgan fingerprint density at radius 2 is 2.04 bits per heavy atom.